The van der Waals surface area contributed by atoms with Crippen molar-refractivity contribution >= 4 is 29.4 Å². The molecule has 0 N–H and O–H groups in total. The highest BCUT2D eigenvalue weighted by molar-refractivity contribution is 6.56. The molecule has 0 fully saturated rings. The first-order valence-electron chi connectivity index (χ1n) is 9.82. The minimum absolute atomic E-state index is 0.128. The van der Waals surface area contributed by atoms with Crippen molar-refractivity contribution in [1.29, 1.82) is 0 Å². The second kappa shape index (κ2) is 15.5. The average Bonchev–Trinajstić information content (AvgIpc) is 2.67. The molecule has 4 nitrogen and oxygen atoms in total. The maximum absolute atomic E-state index is 5.83. The van der Waals surface area contributed by atoms with Crippen LogP contribution in [0.5, 0.6) is 0 Å². The van der Waals surface area contributed by atoms with Gasteiger partial charge in [0.25, 0.3) is 0 Å². The van der Waals surface area contributed by atoms with E-state index in [1.54, 1.807) is 0 Å². The van der Waals surface area contributed by atoms with Gasteiger partial charge in [-0.3, -0.25) is 0 Å². The van der Waals surface area contributed by atoms with Crippen LogP contribution in [-0.2, 0) is 18.9 Å². The molecule has 1 aromatic carbocycles. The summed E-state index contributed by atoms with van der Waals surface area (Å²) in [6.07, 6.45) is 4.03. The molecule has 0 bridgehead atoms. The normalized spacial score (nSPS) is 11.6. The number of hydrogen-bond donors (Lipinski definition) is 0. The zero-order valence-electron chi connectivity index (χ0n) is 16.8. The van der Waals surface area contributed by atoms with Gasteiger partial charge < -0.3 is 18.9 Å². The van der Waals surface area contributed by atoms with Gasteiger partial charge >= 0.3 is 0 Å². The van der Waals surface area contributed by atoms with Crippen molar-refractivity contribution in [2.75, 3.05) is 26.4 Å². The Labute approximate surface area is 164 Å². The molecule has 0 aliphatic rings. The standard InChI is InChI=1S/C20H34O4Si2/c1-5-13-21-19(22-14-6-2)25-17-9-11-18(12-10-17)26-20(23-15-7-3)24-16-8-4/h9-12,19-20H,5-8,13-16H2,1-4H3. The van der Waals surface area contributed by atoms with E-state index in [4.69, 9.17) is 18.9 Å². The molecule has 0 unspecified atom stereocenters. The molecule has 0 saturated heterocycles. The molecule has 6 heteroatoms. The van der Waals surface area contributed by atoms with Crippen molar-refractivity contribution in [3.8, 4) is 0 Å². The van der Waals surface area contributed by atoms with E-state index in [0.29, 0.717) is 19.0 Å². The molecule has 26 heavy (non-hydrogen) atoms. The largest absolute Gasteiger partial charge is 0.357 e. The van der Waals surface area contributed by atoms with Crippen LogP contribution in [0.3, 0.4) is 0 Å². The Morgan fingerprint density at radius 2 is 0.846 bits per heavy atom. The Bertz CT molecular complexity index is 385. The van der Waals surface area contributed by atoms with Crippen molar-refractivity contribution in [2.45, 2.75) is 65.2 Å². The van der Waals surface area contributed by atoms with E-state index in [-0.39, 0.29) is 11.8 Å². The quantitative estimate of drug-likeness (QED) is 0.319. The van der Waals surface area contributed by atoms with Gasteiger partial charge in [-0.1, -0.05) is 62.3 Å². The molecular weight excluding hydrogens is 360 g/mol. The first-order chi connectivity index (χ1) is 12.7. The minimum Gasteiger partial charge on any atom is -0.357 e. The lowest BCUT2D eigenvalue weighted by atomic mass is 10.4. The Balaban J connectivity index is 2.58. The van der Waals surface area contributed by atoms with E-state index in [1.807, 2.05) is 0 Å². The topological polar surface area (TPSA) is 36.9 Å². The predicted molar refractivity (Wildman–Crippen MR) is 110 cm³/mol. The van der Waals surface area contributed by atoms with E-state index in [0.717, 1.165) is 52.1 Å². The van der Waals surface area contributed by atoms with Gasteiger partial charge in [-0.25, -0.2) is 0 Å². The van der Waals surface area contributed by atoms with E-state index >= 15 is 0 Å². The first kappa shape index (κ1) is 23.5. The van der Waals surface area contributed by atoms with Crippen LogP contribution in [0, 0.1) is 0 Å². The molecule has 0 aromatic heterocycles. The summed E-state index contributed by atoms with van der Waals surface area (Å²) in [6.45, 7) is 11.4. The maximum atomic E-state index is 5.83. The van der Waals surface area contributed by atoms with Crippen molar-refractivity contribution in [3.63, 3.8) is 0 Å². The molecule has 4 radical (unpaired) electrons. The molecule has 0 aliphatic heterocycles. The molecule has 0 spiro atoms. The molecule has 1 aromatic rings. The van der Waals surface area contributed by atoms with Crippen LogP contribution in [0.2, 0.25) is 0 Å². The second-order valence-electron chi connectivity index (χ2n) is 6.01. The minimum atomic E-state index is -0.128. The number of hydrogen-bond acceptors (Lipinski definition) is 4. The van der Waals surface area contributed by atoms with Gasteiger partial charge in [0.15, 0.2) is 19.0 Å². The SMILES string of the molecule is CCCOC(OCCC)[Si]c1ccc([Si]C(OCCC)OCCC)cc1. The van der Waals surface area contributed by atoms with E-state index in [9.17, 15) is 0 Å². The summed E-state index contributed by atoms with van der Waals surface area (Å²) in [5, 5.41) is 2.52. The van der Waals surface area contributed by atoms with E-state index in [1.165, 1.54) is 10.4 Å². The summed E-state index contributed by atoms with van der Waals surface area (Å²) >= 11 is 0. The maximum Gasteiger partial charge on any atom is 0.157 e. The summed E-state index contributed by atoms with van der Waals surface area (Å²) in [6, 6.07) is 8.70. The van der Waals surface area contributed by atoms with Crippen molar-refractivity contribution in [3.05, 3.63) is 24.3 Å². The van der Waals surface area contributed by atoms with E-state index in [2.05, 4.69) is 52.0 Å². The summed E-state index contributed by atoms with van der Waals surface area (Å²) in [5.74, 6) is -0.256. The fraction of sp³-hybridized carbons (Fsp3) is 0.700. The number of benzene rings is 1. The lowest BCUT2D eigenvalue weighted by Crippen LogP contribution is -2.36. The smallest absolute Gasteiger partial charge is 0.157 e. The molecular formula is C20H34O4Si2. The van der Waals surface area contributed by atoms with E-state index < -0.39 is 0 Å². The zero-order chi connectivity index (χ0) is 19.0. The van der Waals surface area contributed by atoms with Gasteiger partial charge in [-0.15, -0.1) is 0 Å². The highest BCUT2D eigenvalue weighted by Gasteiger charge is 2.14. The van der Waals surface area contributed by atoms with Gasteiger partial charge in [-0.2, -0.15) is 0 Å². The van der Waals surface area contributed by atoms with Crippen LogP contribution in [0.15, 0.2) is 24.3 Å². The zero-order valence-corrected chi connectivity index (χ0v) is 18.8. The van der Waals surface area contributed by atoms with Crippen molar-refractivity contribution in [2.24, 2.45) is 0 Å². The molecule has 1 rings (SSSR count). The van der Waals surface area contributed by atoms with Crippen LogP contribution >= 0.6 is 0 Å². The fourth-order valence-corrected chi connectivity index (χ4v) is 4.16. The number of rotatable bonds is 16. The Kier molecular flexibility index (Phi) is 14.1. The predicted octanol–water partition coefficient (Wildman–Crippen LogP) is 2.62. The molecule has 146 valence electrons. The summed E-state index contributed by atoms with van der Waals surface area (Å²) < 4.78 is 23.3. The van der Waals surface area contributed by atoms with Gasteiger partial charge in [0, 0.05) is 26.4 Å². The highest BCUT2D eigenvalue weighted by atomic mass is 28.2. The number of ether oxygens (including phenoxy) is 4. The average molecular weight is 395 g/mol. The van der Waals surface area contributed by atoms with Gasteiger partial charge in [0.05, 0.1) is 0 Å². The first-order valence-corrected chi connectivity index (χ1v) is 12.0. The van der Waals surface area contributed by atoms with Gasteiger partial charge in [0.2, 0.25) is 0 Å². The second-order valence-corrected chi connectivity index (χ2v) is 8.69. The third kappa shape index (κ3) is 10.6. The summed E-state index contributed by atoms with van der Waals surface area (Å²) in [7, 11) is 1.01. The summed E-state index contributed by atoms with van der Waals surface area (Å²) in [5.41, 5.74) is 0. The Morgan fingerprint density at radius 3 is 1.08 bits per heavy atom. The van der Waals surface area contributed by atoms with Crippen LogP contribution < -0.4 is 10.4 Å². The molecule has 0 saturated carbocycles. The lowest BCUT2D eigenvalue weighted by Gasteiger charge is -2.19. The molecule has 0 atom stereocenters. The van der Waals surface area contributed by atoms with Crippen LogP contribution in [0.1, 0.15) is 53.4 Å². The lowest BCUT2D eigenvalue weighted by molar-refractivity contribution is -0.0896. The molecule has 0 heterocycles. The van der Waals surface area contributed by atoms with Crippen LogP contribution in [-0.4, -0.2) is 57.3 Å². The fourth-order valence-electron chi connectivity index (χ4n) is 2.10. The molecule has 0 amide bonds. The van der Waals surface area contributed by atoms with Crippen molar-refractivity contribution < 1.29 is 18.9 Å². The van der Waals surface area contributed by atoms with Gasteiger partial charge in [-0.05, 0) is 25.7 Å². The third-order valence-electron chi connectivity index (χ3n) is 3.35. The highest BCUT2D eigenvalue weighted by Crippen LogP contribution is 1.99. The van der Waals surface area contributed by atoms with Crippen LogP contribution in [0.25, 0.3) is 0 Å². The van der Waals surface area contributed by atoms with Crippen LogP contribution in [0.4, 0.5) is 0 Å². The molecule has 0 aliphatic carbocycles. The van der Waals surface area contributed by atoms with Crippen molar-refractivity contribution in [1.82, 2.24) is 0 Å². The monoisotopic (exact) mass is 394 g/mol. The van der Waals surface area contributed by atoms with Gasteiger partial charge in [0.1, 0.15) is 11.8 Å². The summed E-state index contributed by atoms with van der Waals surface area (Å²) in [4.78, 5) is 0. The third-order valence-corrected chi connectivity index (χ3v) is 5.82. The Morgan fingerprint density at radius 1 is 0.577 bits per heavy atom. The Hall–Kier alpha value is -0.506.